The number of amides is 1. The van der Waals surface area contributed by atoms with Crippen LogP contribution < -0.4 is 10.0 Å². The Morgan fingerprint density at radius 1 is 1.44 bits per heavy atom. The van der Waals surface area contributed by atoms with E-state index in [0.29, 0.717) is 5.76 Å². The predicted molar refractivity (Wildman–Crippen MR) is 97.0 cm³/mol. The third kappa shape index (κ3) is 4.73. The Morgan fingerprint density at radius 3 is 2.78 bits per heavy atom. The summed E-state index contributed by atoms with van der Waals surface area (Å²) in [6.45, 7) is 3.35. The number of rotatable bonds is 8. The molecular weight excluding hydrogens is 394 g/mol. The van der Waals surface area contributed by atoms with Crippen LogP contribution in [0.25, 0.3) is 0 Å². The first-order chi connectivity index (χ1) is 12.8. The molecule has 146 valence electrons. The summed E-state index contributed by atoms with van der Waals surface area (Å²) in [6.07, 6.45) is 0.678. The van der Waals surface area contributed by atoms with Gasteiger partial charge in [-0.15, -0.1) is 11.3 Å². The minimum absolute atomic E-state index is 0.0633. The summed E-state index contributed by atoms with van der Waals surface area (Å²) in [5.41, 5.74) is 0. The second-order valence-electron chi connectivity index (χ2n) is 6.12. The Hall–Kier alpha value is -2.24. The Balaban J connectivity index is 1.70. The first-order valence-corrected chi connectivity index (χ1v) is 10.7. The molecule has 0 unspecified atom stereocenters. The first kappa shape index (κ1) is 19.5. The summed E-state index contributed by atoms with van der Waals surface area (Å²) in [6, 6.07) is 2.80. The maximum absolute atomic E-state index is 12.5. The van der Waals surface area contributed by atoms with Gasteiger partial charge in [0.15, 0.2) is 11.9 Å². The normalized spacial score (nSPS) is 15.3. The summed E-state index contributed by atoms with van der Waals surface area (Å²) < 4.78 is 37.4. The zero-order valence-corrected chi connectivity index (χ0v) is 16.4. The van der Waals surface area contributed by atoms with E-state index in [0.717, 1.165) is 24.2 Å². The molecule has 27 heavy (non-hydrogen) atoms. The van der Waals surface area contributed by atoms with Crippen LogP contribution in [0.15, 0.2) is 26.9 Å². The number of carbonyl (C=O) groups excluding carboxylic acids is 2. The van der Waals surface area contributed by atoms with Crippen molar-refractivity contribution in [1.29, 1.82) is 0 Å². The highest BCUT2D eigenvalue weighted by atomic mass is 32.2. The van der Waals surface area contributed by atoms with E-state index in [2.05, 4.69) is 15.2 Å². The molecule has 1 saturated carbocycles. The van der Waals surface area contributed by atoms with Crippen LogP contribution in [0.1, 0.15) is 41.6 Å². The van der Waals surface area contributed by atoms with Crippen LogP contribution in [0, 0.1) is 6.92 Å². The number of ether oxygens (including phenoxy) is 1. The van der Waals surface area contributed by atoms with Gasteiger partial charge in [-0.1, -0.05) is 12.1 Å². The van der Waals surface area contributed by atoms with Gasteiger partial charge < -0.3 is 14.6 Å². The number of carbonyl (C=O) groups is 2. The summed E-state index contributed by atoms with van der Waals surface area (Å²) in [4.78, 5) is 24.6. The van der Waals surface area contributed by atoms with Crippen molar-refractivity contribution in [3.8, 4) is 0 Å². The number of thiophene rings is 1. The number of aryl methyl sites for hydroxylation is 1. The van der Waals surface area contributed by atoms with Gasteiger partial charge in [-0.3, -0.25) is 4.79 Å². The van der Waals surface area contributed by atoms with Crippen molar-refractivity contribution in [2.75, 3.05) is 5.32 Å². The molecule has 11 heteroatoms. The Labute approximate surface area is 160 Å². The molecule has 2 aromatic heterocycles. The summed E-state index contributed by atoms with van der Waals surface area (Å²) in [5, 5.41) is 7.64. The Bertz CT molecular complexity index is 945. The van der Waals surface area contributed by atoms with Crippen molar-refractivity contribution in [3.63, 3.8) is 0 Å². The van der Waals surface area contributed by atoms with Crippen molar-refractivity contribution < 1.29 is 27.3 Å². The van der Waals surface area contributed by atoms with Crippen molar-refractivity contribution in [2.24, 2.45) is 0 Å². The largest absolute Gasteiger partial charge is 0.448 e. The molecule has 0 aliphatic heterocycles. The third-order valence-corrected chi connectivity index (χ3v) is 6.38. The quantitative estimate of drug-likeness (QED) is 0.634. The fraction of sp³-hybridized carbons (Fsp3) is 0.438. The number of anilines is 1. The highest BCUT2D eigenvalue weighted by Gasteiger charge is 2.33. The second kappa shape index (κ2) is 7.79. The van der Waals surface area contributed by atoms with E-state index in [1.807, 2.05) is 0 Å². The average molecular weight is 413 g/mol. The van der Waals surface area contributed by atoms with Gasteiger partial charge in [0, 0.05) is 12.1 Å². The van der Waals surface area contributed by atoms with Gasteiger partial charge in [-0.25, -0.2) is 17.9 Å². The van der Waals surface area contributed by atoms with E-state index in [1.54, 1.807) is 13.8 Å². The van der Waals surface area contributed by atoms with Gasteiger partial charge in [0.2, 0.25) is 10.0 Å². The highest BCUT2D eigenvalue weighted by molar-refractivity contribution is 7.89. The molecule has 2 heterocycles. The SMILES string of the molecule is CC[C@@H](OC(=O)c1sccc1S(=O)(=O)NC1CC1)C(=O)Nc1cc(C)on1. The monoisotopic (exact) mass is 413 g/mol. The van der Waals surface area contributed by atoms with E-state index < -0.39 is 28.0 Å². The van der Waals surface area contributed by atoms with Crippen molar-refractivity contribution in [2.45, 2.75) is 50.2 Å². The number of nitrogens with zero attached hydrogens (tertiary/aromatic N) is 1. The number of hydrogen-bond donors (Lipinski definition) is 2. The smallest absolute Gasteiger partial charge is 0.350 e. The molecule has 2 N–H and O–H groups in total. The van der Waals surface area contributed by atoms with Crippen LogP contribution in [0.3, 0.4) is 0 Å². The minimum atomic E-state index is -3.80. The van der Waals surface area contributed by atoms with Crippen LogP contribution in [-0.2, 0) is 19.6 Å². The number of sulfonamides is 1. The lowest BCUT2D eigenvalue weighted by molar-refractivity contribution is -0.124. The van der Waals surface area contributed by atoms with Gasteiger partial charge in [-0.05, 0) is 37.6 Å². The summed E-state index contributed by atoms with van der Waals surface area (Å²) in [5.74, 6) is -0.706. The molecule has 1 aliphatic carbocycles. The van der Waals surface area contributed by atoms with Gasteiger partial charge in [0.25, 0.3) is 5.91 Å². The first-order valence-electron chi connectivity index (χ1n) is 8.35. The van der Waals surface area contributed by atoms with E-state index in [4.69, 9.17) is 9.26 Å². The lowest BCUT2D eigenvalue weighted by Gasteiger charge is -2.15. The van der Waals surface area contributed by atoms with Crippen LogP contribution in [0.4, 0.5) is 5.82 Å². The van der Waals surface area contributed by atoms with E-state index in [1.165, 1.54) is 17.5 Å². The molecular formula is C16H19N3O6S2. The summed E-state index contributed by atoms with van der Waals surface area (Å²) in [7, 11) is -3.80. The summed E-state index contributed by atoms with van der Waals surface area (Å²) >= 11 is 0.951. The fourth-order valence-electron chi connectivity index (χ4n) is 2.28. The lowest BCUT2D eigenvalue weighted by atomic mass is 10.2. The van der Waals surface area contributed by atoms with Crippen molar-refractivity contribution in [3.05, 3.63) is 28.2 Å². The molecule has 1 atom stereocenters. The molecule has 0 saturated heterocycles. The molecule has 0 bridgehead atoms. The lowest BCUT2D eigenvalue weighted by Crippen LogP contribution is -2.32. The number of nitrogens with one attached hydrogen (secondary N) is 2. The van der Waals surface area contributed by atoms with E-state index in [-0.39, 0.29) is 28.1 Å². The zero-order chi connectivity index (χ0) is 19.6. The van der Waals surface area contributed by atoms with Crippen LogP contribution in [0.5, 0.6) is 0 Å². The maximum Gasteiger partial charge on any atom is 0.350 e. The molecule has 2 aromatic rings. The number of hydrogen-bond acceptors (Lipinski definition) is 8. The minimum Gasteiger partial charge on any atom is -0.448 e. The standard InChI is InChI=1S/C16H19N3O6S2/c1-3-11(15(20)17-13-8-9(2)25-18-13)24-16(21)14-12(6-7-26-14)27(22,23)19-10-4-5-10/h6-8,10-11,19H,3-5H2,1-2H3,(H,17,18,20)/t11-/m1/s1. The Kier molecular flexibility index (Phi) is 5.63. The topological polar surface area (TPSA) is 128 Å². The average Bonchev–Trinajstić information content (AvgIpc) is 3.10. The molecule has 0 radical (unpaired) electrons. The van der Waals surface area contributed by atoms with Crippen LogP contribution >= 0.6 is 11.3 Å². The molecule has 9 nitrogen and oxygen atoms in total. The van der Waals surface area contributed by atoms with Gasteiger partial charge in [0.05, 0.1) is 0 Å². The molecule has 0 spiro atoms. The van der Waals surface area contributed by atoms with Crippen molar-refractivity contribution >= 4 is 39.1 Å². The molecule has 1 fully saturated rings. The second-order valence-corrected chi connectivity index (χ2v) is 8.72. The fourth-order valence-corrected chi connectivity index (χ4v) is 4.88. The van der Waals surface area contributed by atoms with Gasteiger partial charge >= 0.3 is 5.97 Å². The molecule has 1 amide bonds. The number of esters is 1. The van der Waals surface area contributed by atoms with E-state index >= 15 is 0 Å². The van der Waals surface area contributed by atoms with Crippen LogP contribution in [-0.4, -0.2) is 37.6 Å². The maximum atomic E-state index is 12.5. The van der Waals surface area contributed by atoms with Gasteiger partial charge in [0.1, 0.15) is 15.5 Å². The number of aromatic nitrogens is 1. The van der Waals surface area contributed by atoms with Gasteiger partial charge in [-0.2, -0.15) is 0 Å². The van der Waals surface area contributed by atoms with E-state index in [9.17, 15) is 18.0 Å². The Morgan fingerprint density at radius 2 is 2.19 bits per heavy atom. The zero-order valence-electron chi connectivity index (χ0n) is 14.7. The molecule has 0 aromatic carbocycles. The predicted octanol–water partition coefficient (Wildman–Crippen LogP) is 2.06. The third-order valence-electron chi connectivity index (χ3n) is 3.79. The highest BCUT2D eigenvalue weighted by Crippen LogP contribution is 2.27. The van der Waals surface area contributed by atoms with Crippen molar-refractivity contribution in [1.82, 2.24) is 9.88 Å². The molecule has 3 rings (SSSR count). The molecule has 1 aliphatic rings. The van der Waals surface area contributed by atoms with Crippen LogP contribution in [0.2, 0.25) is 0 Å².